The minimum atomic E-state index is -0.569. The van der Waals surface area contributed by atoms with Crippen molar-refractivity contribution in [2.24, 2.45) is 5.73 Å². The van der Waals surface area contributed by atoms with Gasteiger partial charge in [0.1, 0.15) is 0 Å². The predicted octanol–water partition coefficient (Wildman–Crippen LogP) is 1.73. The molecular weight excluding hydrogens is 232 g/mol. The molecule has 1 aromatic heterocycles. The van der Waals surface area contributed by atoms with Gasteiger partial charge in [-0.15, -0.1) is 11.3 Å². The maximum Gasteiger partial charge on any atom is 0.240 e. The van der Waals surface area contributed by atoms with Gasteiger partial charge in [-0.2, -0.15) is 0 Å². The number of fused-ring (bicyclic) bond motifs is 1. The summed E-state index contributed by atoms with van der Waals surface area (Å²) in [5.41, 5.74) is 6.90. The van der Waals surface area contributed by atoms with Crippen molar-refractivity contribution in [3.63, 3.8) is 0 Å². The van der Waals surface area contributed by atoms with E-state index in [1.165, 1.54) is 34.6 Å². The van der Waals surface area contributed by atoms with Gasteiger partial charge in [-0.05, 0) is 50.2 Å². The van der Waals surface area contributed by atoms with Crippen LogP contribution < -0.4 is 11.1 Å². The van der Waals surface area contributed by atoms with Crippen LogP contribution >= 0.6 is 11.3 Å². The molecule has 0 atom stereocenters. The summed E-state index contributed by atoms with van der Waals surface area (Å²) < 4.78 is 0. The van der Waals surface area contributed by atoms with Crippen molar-refractivity contribution in [1.82, 2.24) is 5.32 Å². The topological polar surface area (TPSA) is 55.1 Å². The molecule has 0 radical (unpaired) electrons. The summed E-state index contributed by atoms with van der Waals surface area (Å²) in [6.45, 7) is 0.648. The Bertz CT molecular complexity index is 427. The first-order chi connectivity index (χ1) is 8.17. The summed E-state index contributed by atoms with van der Waals surface area (Å²) in [6.07, 6.45) is 6.46. The van der Waals surface area contributed by atoms with Crippen LogP contribution in [0.2, 0.25) is 0 Å². The summed E-state index contributed by atoms with van der Waals surface area (Å²) >= 11 is 1.84. The molecule has 3 nitrogen and oxygen atoms in total. The zero-order valence-electron chi connectivity index (χ0n) is 9.92. The molecule has 2 aliphatic carbocycles. The number of thiophene rings is 1. The zero-order chi connectivity index (χ0) is 11.9. The molecule has 1 amide bonds. The summed E-state index contributed by atoms with van der Waals surface area (Å²) in [6, 6.07) is 2.25. The van der Waals surface area contributed by atoms with Crippen LogP contribution in [0.1, 0.15) is 41.0 Å². The molecule has 3 rings (SSSR count). The predicted molar refractivity (Wildman–Crippen MR) is 69.0 cm³/mol. The van der Waals surface area contributed by atoms with E-state index in [0.29, 0.717) is 6.54 Å². The maximum absolute atomic E-state index is 11.9. The molecule has 4 heteroatoms. The van der Waals surface area contributed by atoms with Crippen molar-refractivity contribution < 1.29 is 4.79 Å². The fourth-order valence-electron chi connectivity index (χ4n) is 2.61. The Hall–Kier alpha value is -0.870. The third kappa shape index (κ3) is 2.00. The quantitative estimate of drug-likeness (QED) is 0.858. The van der Waals surface area contributed by atoms with E-state index >= 15 is 0 Å². The standard InChI is InChI=1S/C13H18N2OS/c14-13(5-2-6-13)12(16)15-8-10-7-9-3-1-4-11(9)17-10/h7H,1-6,8,14H2,(H,15,16). The molecule has 17 heavy (non-hydrogen) atoms. The first-order valence-electron chi connectivity index (χ1n) is 6.35. The van der Waals surface area contributed by atoms with Gasteiger partial charge in [-0.25, -0.2) is 0 Å². The average Bonchev–Trinajstić information content (AvgIpc) is 2.82. The summed E-state index contributed by atoms with van der Waals surface area (Å²) in [7, 11) is 0. The lowest BCUT2D eigenvalue weighted by molar-refractivity contribution is -0.129. The van der Waals surface area contributed by atoms with Crippen molar-refractivity contribution >= 4 is 17.2 Å². The molecule has 0 saturated heterocycles. The number of carbonyl (C=O) groups is 1. The van der Waals surface area contributed by atoms with Crippen LogP contribution in [0.3, 0.4) is 0 Å². The van der Waals surface area contributed by atoms with E-state index in [4.69, 9.17) is 5.73 Å². The molecule has 1 heterocycles. The van der Waals surface area contributed by atoms with Crippen LogP contribution in [0.5, 0.6) is 0 Å². The zero-order valence-corrected chi connectivity index (χ0v) is 10.7. The van der Waals surface area contributed by atoms with Gasteiger partial charge in [0.2, 0.25) is 5.91 Å². The smallest absolute Gasteiger partial charge is 0.240 e. The molecule has 1 fully saturated rings. The Morgan fingerprint density at radius 2 is 2.24 bits per heavy atom. The number of nitrogens with two attached hydrogens (primary N) is 1. The van der Waals surface area contributed by atoms with Gasteiger partial charge < -0.3 is 11.1 Å². The van der Waals surface area contributed by atoms with Gasteiger partial charge in [-0.1, -0.05) is 0 Å². The first kappa shape index (κ1) is 11.2. The molecule has 2 aliphatic rings. The van der Waals surface area contributed by atoms with Gasteiger partial charge in [0.15, 0.2) is 0 Å². The van der Waals surface area contributed by atoms with Gasteiger partial charge in [0.25, 0.3) is 0 Å². The first-order valence-corrected chi connectivity index (χ1v) is 7.17. The molecular formula is C13H18N2OS. The van der Waals surface area contributed by atoms with Crippen LogP contribution in [-0.4, -0.2) is 11.4 Å². The second kappa shape index (κ2) is 4.10. The highest BCUT2D eigenvalue weighted by atomic mass is 32.1. The van der Waals surface area contributed by atoms with Crippen LogP contribution in [-0.2, 0) is 24.2 Å². The van der Waals surface area contributed by atoms with Crippen LogP contribution in [0.25, 0.3) is 0 Å². The molecule has 3 N–H and O–H groups in total. The Morgan fingerprint density at radius 3 is 2.88 bits per heavy atom. The normalized spacial score (nSPS) is 20.8. The SMILES string of the molecule is NC1(C(=O)NCc2cc3c(s2)CCC3)CCC1. The average molecular weight is 250 g/mol. The second-order valence-corrected chi connectivity index (χ2v) is 6.43. The van der Waals surface area contributed by atoms with Gasteiger partial charge in [-0.3, -0.25) is 4.79 Å². The Kier molecular flexibility index (Phi) is 2.71. The largest absolute Gasteiger partial charge is 0.350 e. The number of rotatable bonds is 3. The summed E-state index contributed by atoms with van der Waals surface area (Å²) in [4.78, 5) is 14.6. The second-order valence-electron chi connectivity index (χ2n) is 5.21. The number of hydrogen-bond acceptors (Lipinski definition) is 3. The summed E-state index contributed by atoms with van der Waals surface area (Å²) in [5.74, 6) is 0.0253. The third-order valence-corrected chi connectivity index (χ3v) is 5.16. The molecule has 0 aliphatic heterocycles. The van der Waals surface area contributed by atoms with Crippen LogP contribution in [0.4, 0.5) is 0 Å². The molecule has 92 valence electrons. The Labute approximate surface area is 105 Å². The van der Waals surface area contributed by atoms with E-state index in [0.717, 1.165) is 19.3 Å². The van der Waals surface area contributed by atoms with E-state index in [-0.39, 0.29) is 5.91 Å². The van der Waals surface area contributed by atoms with E-state index in [9.17, 15) is 4.79 Å². The maximum atomic E-state index is 11.9. The molecule has 1 saturated carbocycles. The molecule has 0 bridgehead atoms. The molecule has 0 spiro atoms. The fraction of sp³-hybridized carbons (Fsp3) is 0.615. The highest BCUT2D eigenvalue weighted by Gasteiger charge is 2.39. The van der Waals surface area contributed by atoms with E-state index < -0.39 is 5.54 Å². The van der Waals surface area contributed by atoms with E-state index in [1.54, 1.807) is 0 Å². The van der Waals surface area contributed by atoms with Crippen molar-refractivity contribution in [2.45, 2.75) is 50.6 Å². The lowest BCUT2D eigenvalue weighted by Gasteiger charge is -2.36. The van der Waals surface area contributed by atoms with Crippen molar-refractivity contribution in [2.75, 3.05) is 0 Å². The van der Waals surface area contributed by atoms with Gasteiger partial charge >= 0.3 is 0 Å². The number of amides is 1. The fourth-order valence-corrected chi connectivity index (χ4v) is 3.81. The van der Waals surface area contributed by atoms with Crippen LogP contribution in [0, 0.1) is 0 Å². The molecule has 1 aromatic rings. The highest BCUT2D eigenvalue weighted by molar-refractivity contribution is 7.12. The van der Waals surface area contributed by atoms with Crippen molar-refractivity contribution in [3.05, 3.63) is 21.4 Å². The molecule has 0 aromatic carbocycles. The number of aryl methyl sites for hydroxylation is 2. The number of nitrogens with one attached hydrogen (secondary N) is 1. The van der Waals surface area contributed by atoms with E-state index in [2.05, 4.69) is 11.4 Å². The third-order valence-electron chi connectivity index (χ3n) is 3.92. The lowest BCUT2D eigenvalue weighted by Crippen LogP contribution is -2.58. The summed E-state index contributed by atoms with van der Waals surface area (Å²) in [5, 5.41) is 2.98. The van der Waals surface area contributed by atoms with E-state index in [1.807, 2.05) is 11.3 Å². The number of carbonyl (C=O) groups excluding carboxylic acids is 1. The van der Waals surface area contributed by atoms with Gasteiger partial charge in [0, 0.05) is 9.75 Å². The monoisotopic (exact) mass is 250 g/mol. The minimum Gasteiger partial charge on any atom is -0.350 e. The number of hydrogen-bond donors (Lipinski definition) is 2. The van der Waals surface area contributed by atoms with Crippen molar-refractivity contribution in [1.29, 1.82) is 0 Å². The highest BCUT2D eigenvalue weighted by Crippen LogP contribution is 2.31. The lowest BCUT2D eigenvalue weighted by atomic mass is 9.77. The Morgan fingerprint density at radius 1 is 1.41 bits per heavy atom. The molecule has 0 unspecified atom stereocenters. The van der Waals surface area contributed by atoms with Crippen LogP contribution in [0.15, 0.2) is 6.07 Å². The minimum absolute atomic E-state index is 0.0253. The Balaban J connectivity index is 1.58. The van der Waals surface area contributed by atoms with Gasteiger partial charge in [0.05, 0.1) is 12.1 Å². The van der Waals surface area contributed by atoms with Crippen molar-refractivity contribution in [3.8, 4) is 0 Å².